The molecule has 2 rings (SSSR count). The molecule has 0 spiro atoms. The van der Waals surface area contributed by atoms with Crippen molar-refractivity contribution in [2.45, 2.75) is 58.2 Å². The highest BCUT2D eigenvalue weighted by molar-refractivity contribution is 5.95. The highest BCUT2D eigenvalue weighted by Crippen LogP contribution is 2.40. The van der Waals surface area contributed by atoms with Gasteiger partial charge in [0.15, 0.2) is 5.78 Å². The first-order valence-electron chi connectivity index (χ1n) is 6.45. The van der Waals surface area contributed by atoms with Gasteiger partial charge in [-0.1, -0.05) is 18.2 Å². The second kappa shape index (κ2) is 4.41. The van der Waals surface area contributed by atoms with Gasteiger partial charge in [-0.3, -0.25) is 4.79 Å². The van der Waals surface area contributed by atoms with E-state index in [9.17, 15) is 4.79 Å². The highest BCUT2D eigenvalue weighted by atomic mass is 16.6. The molecule has 0 amide bonds. The van der Waals surface area contributed by atoms with Gasteiger partial charge in [-0.25, -0.2) is 0 Å². The van der Waals surface area contributed by atoms with Crippen LogP contribution in [-0.4, -0.2) is 17.5 Å². The third-order valence-corrected chi connectivity index (χ3v) is 4.05. The molecule has 0 radical (unpaired) electrons. The van der Waals surface area contributed by atoms with Crippen molar-refractivity contribution in [3.05, 3.63) is 23.8 Å². The van der Waals surface area contributed by atoms with E-state index >= 15 is 0 Å². The molecule has 0 unspecified atom stereocenters. The van der Waals surface area contributed by atoms with E-state index in [0.717, 1.165) is 24.8 Å². The second-order valence-electron chi connectivity index (χ2n) is 5.85. The summed E-state index contributed by atoms with van der Waals surface area (Å²) in [6, 6.07) is 0. The Bertz CT molecular complexity index is 376. The third kappa shape index (κ3) is 2.86. The molecule has 2 nitrogen and oxygen atoms in total. The van der Waals surface area contributed by atoms with Gasteiger partial charge in [-0.05, 0) is 51.5 Å². The molecule has 0 bridgehead atoms. The summed E-state index contributed by atoms with van der Waals surface area (Å²) in [6.07, 6.45) is 6.09. The molecular formula is C15H22O2. The van der Waals surface area contributed by atoms with Crippen LogP contribution in [-0.2, 0) is 9.53 Å². The van der Waals surface area contributed by atoms with Gasteiger partial charge in [0.25, 0.3) is 0 Å². The first kappa shape index (κ1) is 12.6. The number of ketones is 1. The van der Waals surface area contributed by atoms with Gasteiger partial charge in [0.1, 0.15) is 0 Å². The lowest BCUT2D eigenvalue weighted by atomic mass is 9.82. The lowest BCUT2D eigenvalue weighted by Crippen LogP contribution is -2.16. The fourth-order valence-electron chi connectivity index (χ4n) is 2.47. The van der Waals surface area contributed by atoms with Crippen LogP contribution in [0.1, 0.15) is 46.5 Å². The summed E-state index contributed by atoms with van der Waals surface area (Å²) in [5, 5.41) is 0. The maximum atomic E-state index is 11.6. The Morgan fingerprint density at radius 1 is 1.59 bits per heavy atom. The molecule has 1 saturated heterocycles. The Morgan fingerprint density at radius 2 is 2.24 bits per heavy atom. The quantitative estimate of drug-likeness (QED) is 0.551. The minimum atomic E-state index is 0.0686. The average Bonchev–Trinajstić information content (AvgIpc) is 2.87. The van der Waals surface area contributed by atoms with Crippen LogP contribution in [0.2, 0.25) is 0 Å². The average molecular weight is 234 g/mol. The molecule has 1 aliphatic carbocycles. The monoisotopic (exact) mass is 234 g/mol. The van der Waals surface area contributed by atoms with Gasteiger partial charge in [-0.2, -0.15) is 0 Å². The number of hydrogen-bond acceptors (Lipinski definition) is 2. The highest BCUT2D eigenvalue weighted by Gasteiger charge is 2.47. The van der Waals surface area contributed by atoms with Crippen molar-refractivity contribution in [2.24, 2.45) is 5.92 Å². The molecule has 2 heteroatoms. The normalized spacial score (nSPS) is 31.0. The summed E-state index contributed by atoms with van der Waals surface area (Å²) in [4.78, 5) is 11.6. The SMILES string of the molecule is C=C(CC[C@@H]1OC1(C)C)[C@H]1CC=C(C)C(=O)C1. The zero-order chi connectivity index (χ0) is 12.6. The molecule has 0 N–H and O–H groups in total. The lowest BCUT2D eigenvalue weighted by Gasteiger charge is -2.21. The fraction of sp³-hybridized carbons (Fsp3) is 0.667. The predicted octanol–water partition coefficient (Wildman–Crippen LogP) is 3.43. The number of carbonyl (C=O) groups excluding carboxylic acids is 1. The summed E-state index contributed by atoms with van der Waals surface area (Å²) < 4.78 is 5.56. The van der Waals surface area contributed by atoms with Crippen LogP contribution < -0.4 is 0 Å². The molecule has 2 aliphatic rings. The van der Waals surface area contributed by atoms with E-state index in [1.165, 1.54) is 5.57 Å². The Labute approximate surface area is 104 Å². The van der Waals surface area contributed by atoms with Crippen molar-refractivity contribution in [2.75, 3.05) is 0 Å². The van der Waals surface area contributed by atoms with Crippen LogP contribution in [0, 0.1) is 5.92 Å². The summed E-state index contributed by atoms with van der Waals surface area (Å²) in [7, 11) is 0. The van der Waals surface area contributed by atoms with Crippen molar-refractivity contribution in [3.63, 3.8) is 0 Å². The van der Waals surface area contributed by atoms with Gasteiger partial charge in [-0.15, -0.1) is 0 Å². The molecule has 1 aliphatic heterocycles. The van der Waals surface area contributed by atoms with E-state index in [1.807, 2.05) is 6.92 Å². The van der Waals surface area contributed by atoms with E-state index in [4.69, 9.17) is 4.74 Å². The zero-order valence-electron chi connectivity index (χ0n) is 11.1. The fourth-order valence-corrected chi connectivity index (χ4v) is 2.47. The molecule has 17 heavy (non-hydrogen) atoms. The second-order valence-corrected chi connectivity index (χ2v) is 5.85. The minimum absolute atomic E-state index is 0.0686. The van der Waals surface area contributed by atoms with Crippen molar-refractivity contribution in [1.29, 1.82) is 0 Å². The topological polar surface area (TPSA) is 29.6 Å². The molecule has 1 fully saturated rings. The first-order chi connectivity index (χ1) is 7.90. The lowest BCUT2D eigenvalue weighted by molar-refractivity contribution is -0.116. The number of hydrogen-bond donors (Lipinski definition) is 0. The van der Waals surface area contributed by atoms with Crippen LogP contribution in [0.5, 0.6) is 0 Å². The van der Waals surface area contributed by atoms with Gasteiger partial charge in [0.05, 0.1) is 11.7 Å². The first-order valence-corrected chi connectivity index (χ1v) is 6.45. The van der Waals surface area contributed by atoms with Gasteiger partial charge in [0, 0.05) is 6.42 Å². The van der Waals surface area contributed by atoms with Crippen molar-refractivity contribution in [3.8, 4) is 0 Å². The molecule has 0 aromatic carbocycles. The van der Waals surface area contributed by atoms with Crippen LogP contribution in [0.3, 0.4) is 0 Å². The zero-order valence-corrected chi connectivity index (χ0v) is 11.1. The van der Waals surface area contributed by atoms with Crippen molar-refractivity contribution >= 4 is 5.78 Å². The number of Topliss-reactive ketones (excluding diaryl/α,β-unsaturated/α-hetero) is 1. The van der Waals surface area contributed by atoms with Gasteiger partial charge in [0.2, 0.25) is 0 Å². The smallest absolute Gasteiger partial charge is 0.158 e. The van der Waals surface area contributed by atoms with E-state index < -0.39 is 0 Å². The standard InChI is InChI=1S/C15H22O2/c1-10(6-8-14-15(3,4)17-14)12-7-5-11(2)13(16)9-12/h5,12,14H,1,6-9H2,2-4H3/t12-,14-/m0/s1. The predicted molar refractivity (Wildman–Crippen MR) is 68.8 cm³/mol. The Kier molecular flexibility index (Phi) is 3.26. The van der Waals surface area contributed by atoms with Gasteiger partial charge < -0.3 is 4.74 Å². The van der Waals surface area contributed by atoms with Gasteiger partial charge >= 0.3 is 0 Å². The van der Waals surface area contributed by atoms with E-state index in [2.05, 4.69) is 26.5 Å². The molecule has 0 aromatic heterocycles. The van der Waals surface area contributed by atoms with Crippen LogP contribution in [0.15, 0.2) is 23.8 Å². The summed E-state index contributed by atoms with van der Waals surface area (Å²) in [6.45, 7) is 10.3. The largest absolute Gasteiger partial charge is 0.367 e. The molecular weight excluding hydrogens is 212 g/mol. The Morgan fingerprint density at radius 3 is 2.76 bits per heavy atom. The molecule has 0 saturated carbocycles. The molecule has 1 heterocycles. The van der Waals surface area contributed by atoms with Crippen LogP contribution in [0.25, 0.3) is 0 Å². The Hall–Kier alpha value is -0.890. The number of ether oxygens (including phenoxy) is 1. The molecule has 94 valence electrons. The molecule has 0 aromatic rings. The van der Waals surface area contributed by atoms with E-state index in [1.54, 1.807) is 0 Å². The van der Waals surface area contributed by atoms with Crippen LogP contribution >= 0.6 is 0 Å². The minimum Gasteiger partial charge on any atom is -0.367 e. The summed E-state index contributed by atoms with van der Waals surface area (Å²) in [5.74, 6) is 0.637. The number of rotatable bonds is 4. The maximum absolute atomic E-state index is 11.6. The van der Waals surface area contributed by atoms with Crippen molar-refractivity contribution < 1.29 is 9.53 Å². The van der Waals surface area contributed by atoms with Crippen molar-refractivity contribution in [1.82, 2.24) is 0 Å². The number of epoxide rings is 1. The number of allylic oxidation sites excluding steroid dienone is 3. The summed E-state index contributed by atoms with van der Waals surface area (Å²) >= 11 is 0. The van der Waals surface area contributed by atoms with E-state index in [0.29, 0.717) is 18.4 Å². The maximum Gasteiger partial charge on any atom is 0.158 e. The molecule has 2 atom stereocenters. The number of carbonyl (C=O) groups is 1. The van der Waals surface area contributed by atoms with Crippen LogP contribution in [0.4, 0.5) is 0 Å². The third-order valence-electron chi connectivity index (χ3n) is 4.05. The Balaban J connectivity index is 1.79. The summed E-state index contributed by atoms with van der Waals surface area (Å²) in [5.41, 5.74) is 2.20. The van der Waals surface area contributed by atoms with E-state index in [-0.39, 0.29) is 11.4 Å².